The molecule has 4 atom stereocenters. The number of thiazole rings is 4. The van der Waals surface area contributed by atoms with E-state index in [0.717, 1.165) is 204 Å². The Bertz CT molecular complexity index is 8830. The summed E-state index contributed by atoms with van der Waals surface area (Å²) in [6.07, 6.45) is 29.3. The third-order valence-electron chi connectivity index (χ3n) is 26.7. The lowest BCUT2D eigenvalue weighted by atomic mass is 9.92. The van der Waals surface area contributed by atoms with Gasteiger partial charge >= 0.3 is 12.0 Å². The van der Waals surface area contributed by atoms with Crippen molar-refractivity contribution in [1.29, 1.82) is 0 Å². The van der Waals surface area contributed by atoms with Crippen LogP contribution in [0.15, 0.2) is 292 Å². The second-order valence-corrected chi connectivity index (χ2v) is 39.5. The molecule has 143 heavy (non-hydrogen) atoms. The van der Waals surface area contributed by atoms with Crippen LogP contribution in [-0.2, 0) is 25.7 Å². The lowest BCUT2D eigenvalue weighted by Crippen LogP contribution is -2.26. The van der Waals surface area contributed by atoms with Gasteiger partial charge < -0.3 is 29.2 Å². The minimum Gasteiger partial charge on any atom is -0.467 e. The number of benzene rings is 6. The summed E-state index contributed by atoms with van der Waals surface area (Å²) in [6.45, 7) is 10.3. The van der Waals surface area contributed by atoms with E-state index in [0.29, 0.717) is 45.1 Å². The van der Waals surface area contributed by atoms with E-state index in [4.69, 9.17) is 14.5 Å². The number of nitrogens with one attached hydrogen (secondary N) is 2. The van der Waals surface area contributed by atoms with Crippen LogP contribution in [0.1, 0.15) is 153 Å². The minimum absolute atomic E-state index is 0.0458. The van der Waals surface area contributed by atoms with E-state index >= 15 is 0 Å². The molecule has 16 aromatic heterocycles. The van der Waals surface area contributed by atoms with E-state index in [-0.39, 0.29) is 64.3 Å². The van der Waals surface area contributed by atoms with Gasteiger partial charge in [0.05, 0.1) is 95.4 Å². The molecule has 0 saturated heterocycles. The highest BCUT2D eigenvalue weighted by Gasteiger charge is 2.34. The number of para-hydroxylation sites is 2. The van der Waals surface area contributed by atoms with Crippen LogP contribution in [-0.4, -0.2) is 112 Å². The summed E-state index contributed by atoms with van der Waals surface area (Å²) in [5.41, 5.74) is 27.3. The van der Waals surface area contributed by atoms with E-state index in [2.05, 4.69) is 130 Å². The minimum atomic E-state index is -0.273. The molecule has 3 aliphatic rings. The van der Waals surface area contributed by atoms with Gasteiger partial charge in [-0.15, -0.1) is 45.3 Å². The third kappa shape index (κ3) is 18.4. The van der Waals surface area contributed by atoms with Crippen LogP contribution < -0.4 is 42.3 Å². The van der Waals surface area contributed by atoms with E-state index in [1.807, 2.05) is 220 Å². The third-order valence-corrected chi connectivity index (χ3v) is 29.8. The summed E-state index contributed by atoms with van der Waals surface area (Å²) in [4.78, 5) is 128. The number of ether oxygens (including phenoxy) is 2. The van der Waals surface area contributed by atoms with Gasteiger partial charge in [0, 0.05) is 148 Å². The second-order valence-electron chi connectivity index (χ2n) is 36.0. The van der Waals surface area contributed by atoms with Crippen molar-refractivity contribution in [3.05, 3.63) is 365 Å². The summed E-state index contributed by atoms with van der Waals surface area (Å²) in [7, 11) is 3.05. The molecule has 708 valence electrons. The van der Waals surface area contributed by atoms with Gasteiger partial charge in [-0.05, 0) is 207 Å². The van der Waals surface area contributed by atoms with Crippen LogP contribution in [0.5, 0.6) is 12.0 Å². The first-order valence-corrected chi connectivity index (χ1v) is 51.0. The zero-order chi connectivity index (χ0) is 97.5. The molecular formula is C111H94N22O6S4. The summed E-state index contributed by atoms with van der Waals surface area (Å²) >= 11 is 6.29. The molecule has 2 N–H and O–H groups in total. The first kappa shape index (κ1) is 91.9. The molecule has 2 fully saturated rings. The number of hydrogen-bond donors (Lipinski definition) is 2. The Labute approximate surface area is 835 Å². The highest BCUT2D eigenvalue weighted by atomic mass is 32.1. The molecule has 0 amide bonds. The quantitative estimate of drug-likeness (QED) is 0.0636. The largest absolute Gasteiger partial charge is 0.467 e. The fourth-order valence-electron chi connectivity index (χ4n) is 19.4. The number of anilines is 2. The lowest BCUT2D eigenvalue weighted by molar-refractivity contribution is 0.380. The van der Waals surface area contributed by atoms with Gasteiger partial charge in [0.25, 0.3) is 22.2 Å². The van der Waals surface area contributed by atoms with Gasteiger partial charge in [0.15, 0.2) is 11.6 Å². The van der Waals surface area contributed by atoms with Crippen molar-refractivity contribution in [2.75, 3.05) is 24.9 Å². The standard InChI is InChI=1S/C32H27N5OS.C27H21N7O2S.C26H23N5O2S.C26H23N5OS/c1-20(36-31-30-28(14-15-33-31)39-19-35-30)27-17-22-9-7-12-25(23-16-21-8-5-6-13-26(21)34-18-23)29(22)32(38)37(27)24-10-3-2-4-11-24;1-16(33-24-23-25(31-14-30-24)37-15-32-23)21-11-17-7-6-10-20(18-12-28-27(36-2)29-13-18)22(17)26(35)34(21)19-8-4-3-5-9-19;1-15(10-20-24-22(8-9-27-20)34-14-30-24)21-11-16-4-3-5-19(17-12-28-26(33-2)29-13-17)23(16)25(32)31(21)18-6-7-18;1-15(10-21-25-23(8-9-27-21)33-14-30-25)22-11-17-4-3-5-20(18-12-28-16(2)29-13-18)24(17)26(32)31(22)19-6-7-19/h2-4,7,9-12,14-20H,5-6,8,13H2,1H3,(H,33,36);3-16H,1-2H3,(H,30,31,33);3-5,8-9,11-15,18H,6-7,10H2,1-2H3;3-5,8-9,11-15,19H,6-7,10H2,1-2H3/t20-;16-;2*15-/m0011/s1. The molecule has 0 spiro atoms. The van der Waals surface area contributed by atoms with Crippen molar-refractivity contribution in [2.24, 2.45) is 0 Å². The molecule has 3 aliphatic carbocycles. The van der Waals surface area contributed by atoms with Crippen LogP contribution in [0.4, 0.5) is 11.6 Å². The van der Waals surface area contributed by atoms with Crippen molar-refractivity contribution < 1.29 is 9.47 Å². The first-order chi connectivity index (χ1) is 70.0. The molecular weight excluding hydrogens is 1870 g/mol. The van der Waals surface area contributed by atoms with Crippen molar-refractivity contribution >= 4 is 141 Å². The fraction of sp³-hybridized carbons (Fsp3) is 0.207. The van der Waals surface area contributed by atoms with E-state index in [1.54, 1.807) is 87.5 Å². The Hall–Kier alpha value is -16.2. The zero-order valence-electron chi connectivity index (χ0n) is 79.0. The lowest BCUT2D eigenvalue weighted by Gasteiger charge is -2.22. The molecule has 6 aromatic carbocycles. The Morgan fingerprint density at radius 3 is 1.22 bits per heavy atom. The van der Waals surface area contributed by atoms with Crippen molar-refractivity contribution in [3.8, 4) is 67.9 Å². The van der Waals surface area contributed by atoms with Gasteiger partial charge in [-0.2, -0.15) is 0 Å². The smallest absolute Gasteiger partial charge is 0.316 e. The SMILES string of the molecule is COc1ncc(-c2cccc3cc([C@H](C)Cc4nccc5scnc45)n(C4CC4)c(=O)c23)cn1.COc1ncc(-c2cccc3cc([C@H](C)Nc4ncnc5scnc45)n(-c4ccccc4)c(=O)c23)cn1.C[C@H](Nc1nccc2scnc12)c1cc2cccc(-c3cnc4c(c3)CCCC4)c2c(=O)n1-c1ccccc1.Cc1ncc(-c2cccc3cc([C@H](C)Cc4nccc5scnc45)n(C4CC4)c(=O)c23)cn1. The summed E-state index contributed by atoms with van der Waals surface area (Å²) in [5, 5.41) is 13.3. The number of nitrogens with zero attached hydrogens (tertiary/aromatic N) is 20. The highest BCUT2D eigenvalue weighted by molar-refractivity contribution is 7.17. The number of aryl methyl sites for hydroxylation is 3. The average Bonchev–Trinajstić information content (AvgIpc) is 1.61. The Morgan fingerprint density at radius 1 is 0.371 bits per heavy atom. The van der Waals surface area contributed by atoms with Crippen molar-refractivity contribution in [3.63, 3.8) is 0 Å². The zero-order valence-corrected chi connectivity index (χ0v) is 82.3. The number of aromatic nitrogens is 20. The van der Waals surface area contributed by atoms with Gasteiger partial charge in [-0.1, -0.05) is 123 Å². The summed E-state index contributed by atoms with van der Waals surface area (Å²) in [5.74, 6) is 2.30. The highest BCUT2D eigenvalue weighted by Crippen LogP contribution is 2.44. The average molecular weight is 1960 g/mol. The Kier molecular flexibility index (Phi) is 25.6. The van der Waals surface area contributed by atoms with Gasteiger partial charge in [0.1, 0.15) is 39.0 Å². The Morgan fingerprint density at radius 2 is 0.762 bits per heavy atom. The molecule has 32 heteroatoms. The van der Waals surface area contributed by atoms with Crippen LogP contribution in [0.2, 0.25) is 0 Å². The summed E-state index contributed by atoms with van der Waals surface area (Å²) in [6, 6.07) is 60.7. The molecule has 16 heterocycles. The molecule has 22 aromatic rings. The van der Waals surface area contributed by atoms with Gasteiger partial charge in [-0.3, -0.25) is 43.3 Å². The monoisotopic (exact) mass is 1960 g/mol. The topological polar surface area (TPSA) is 337 Å². The maximum Gasteiger partial charge on any atom is 0.316 e. The number of methoxy groups -OCH3 is 2. The molecule has 25 rings (SSSR count). The Balaban J connectivity index is 0.000000109. The van der Waals surface area contributed by atoms with Crippen LogP contribution in [0.3, 0.4) is 0 Å². The maximum atomic E-state index is 14.4. The van der Waals surface area contributed by atoms with Crippen molar-refractivity contribution in [2.45, 2.75) is 135 Å². The number of pyridine rings is 8. The predicted molar refractivity (Wildman–Crippen MR) is 569 cm³/mol. The van der Waals surface area contributed by atoms with E-state index in [1.165, 1.54) is 56.0 Å². The second kappa shape index (κ2) is 39.9. The number of rotatable bonds is 22. The molecule has 28 nitrogen and oxygen atoms in total. The van der Waals surface area contributed by atoms with Crippen molar-refractivity contribution in [1.82, 2.24) is 98.0 Å². The fourth-order valence-corrected chi connectivity index (χ4v) is 22.1. The van der Waals surface area contributed by atoms with Crippen LogP contribution in [0.25, 0.3) is 140 Å². The van der Waals surface area contributed by atoms with E-state index < -0.39 is 0 Å². The molecule has 0 unspecified atom stereocenters. The van der Waals surface area contributed by atoms with Gasteiger partial charge in [-0.25, -0.2) is 64.8 Å². The normalized spacial score (nSPS) is 13.8. The van der Waals surface area contributed by atoms with Crippen LogP contribution >= 0.6 is 45.3 Å². The van der Waals surface area contributed by atoms with Crippen LogP contribution in [0, 0.1) is 6.92 Å². The molecule has 2 saturated carbocycles. The molecule has 0 bridgehead atoms. The molecule has 0 radical (unpaired) electrons. The first-order valence-electron chi connectivity index (χ1n) is 47.5. The van der Waals surface area contributed by atoms with Gasteiger partial charge in [0.2, 0.25) is 0 Å². The predicted octanol–water partition coefficient (Wildman–Crippen LogP) is 22.7. The van der Waals surface area contributed by atoms with E-state index in [9.17, 15) is 19.2 Å². The maximum absolute atomic E-state index is 14.4. The molecule has 0 aliphatic heterocycles. The summed E-state index contributed by atoms with van der Waals surface area (Å²) < 4.78 is 21.2. The number of fused-ring (bicyclic) bond motifs is 9. The number of hydrogen-bond acceptors (Lipinski definition) is 28.